The summed E-state index contributed by atoms with van der Waals surface area (Å²) < 4.78 is 43.9. The zero-order valence-corrected chi connectivity index (χ0v) is 20.3. The molecule has 3 heterocycles. The lowest BCUT2D eigenvalue weighted by Gasteiger charge is -2.30. The van der Waals surface area contributed by atoms with Gasteiger partial charge < -0.3 is 24.5 Å². The van der Waals surface area contributed by atoms with Crippen molar-refractivity contribution in [3.8, 4) is 11.5 Å². The third-order valence-electron chi connectivity index (χ3n) is 6.12. The molecule has 0 radical (unpaired) electrons. The van der Waals surface area contributed by atoms with Gasteiger partial charge >= 0.3 is 5.97 Å². The van der Waals surface area contributed by atoms with Crippen LogP contribution in [0.4, 0.5) is 0 Å². The van der Waals surface area contributed by atoms with E-state index < -0.39 is 16.0 Å². The molecule has 34 heavy (non-hydrogen) atoms. The maximum atomic E-state index is 13.4. The van der Waals surface area contributed by atoms with Gasteiger partial charge in [0, 0.05) is 36.9 Å². The van der Waals surface area contributed by atoms with Crippen molar-refractivity contribution in [2.45, 2.75) is 45.1 Å². The van der Waals surface area contributed by atoms with E-state index in [-0.39, 0.29) is 48.8 Å². The van der Waals surface area contributed by atoms with Gasteiger partial charge in [0.1, 0.15) is 10.5 Å². The third-order valence-corrected chi connectivity index (χ3v) is 8.19. The molecule has 1 saturated heterocycles. The van der Waals surface area contributed by atoms with E-state index in [2.05, 4.69) is 10.3 Å². The van der Waals surface area contributed by atoms with Crippen LogP contribution in [0.5, 0.6) is 11.5 Å². The second-order valence-corrected chi connectivity index (χ2v) is 10.3. The summed E-state index contributed by atoms with van der Waals surface area (Å²) in [7, 11) is -3.93. The molecule has 2 N–H and O–H groups in total. The number of aromatic nitrogens is 1. The summed E-state index contributed by atoms with van der Waals surface area (Å²) in [5.74, 6) is 0.265. The lowest BCUT2D eigenvalue weighted by Crippen LogP contribution is -2.43. The highest BCUT2D eigenvalue weighted by Gasteiger charge is 2.37. The van der Waals surface area contributed by atoms with Crippen LogP contribution in [-0.2, 0) is 26.1 Å². The van der Waals surface area contributed by atoms with Gasteiger partial charge in [-0.1, -0.05) is 6.07 Å². The average Bonchev–Trinajstić information content (AvgIpc) is 3.40. The van der Waals surface area contributed by atoms with Crippen LogP contribution in [0.3, 0.4) is 0 Å². The molecule has 2 aliphatic rings. The van der Waals surface area contributed by atoms with Gasteiger partial charge in [0.15, 0.2) is 11.5 Å². The fourth-order valence-electron chi connectivity index (χ4n) is 4.40. The Morgan fingerprint density at radius 1 is 1.15 bits per heavy atom. The number of esters is 1. The molecule has 1 fully saturated rings. The summed E-state index contributed by atoms with van der Waals surface area (Å²) in [6.07, 6.45) is 0.785. The predicted octanol–water partition coefficient (Wildman–Crippen LogP) is 2.25. The minimum absolute atomic E-state index is 0.0444. The number of sulfonamides is 1. The summed E-state index contributed by atoms with van der Waals surface area (Å²) in [6, 6.07) is 5.51. The van der Waals surface area contributed by atoms with Gasteiger partial charge in [-0.15, -0.1) is 0 Å². The number of carbonyl (C=O) groups is 2. The van der Waals surface area contributed by atoms with E-state index in [0.29, 0.717) is 42.3 Å². The SMILES string of the molecule is CCOC(=O)c1c(C)[nH]c(C)c1S(=O)(=O)N1CCC(C(=O)NCc2ccc3c(c2)OCO3)CC1. The molecule has 0 spiro atoms. The normalized spacial score (nSPS) is 16.4. The van der Waals surface area contributed by atoms with Crippen molar-refractivity contribution in [3.05, 3.63) is 40.7 Å². The van der Waals surface area contributed by atoms with Gasteiger partial charge in [0.2, 0.25) is 22.7 Å². The summed E-state index contributed by atoms with van der Waals surface area (Å²) in [5, 5.41) is 2.93. The number of aryl methyl sites for hydroxylation is 2. The van der Waals surface area contributed by atoms with Crippen molar-refractivity contribution in [3.63, 3.8) is 0 Å². The smallest absolute Gasteiger partial charge is 0.341 e. The van der Waals surface area contributed by atoms with E-state index in [1.165, 1.54) is 4.31 Å². The molecule has 11 heteroatoms. The first-order valence-electron chi connectivity index (χ1n) is 11.2. The monoisotopic (exact) mass is 491 g/mol. The number of amides is 1. The summed E-state index contributed by atoms with van der Waals surface area (Å²) in [5.41, 5.74) is 1.78. The van der Waals surface area contributed by atoms with Crippen LogP contribution in [0, 0.1) is 19.8 Å². The third kappa shape index (κ3) is 4.62. The summed E-state index contributed by atoms with van der Waals surface area (Å²) in [6.45, 7) is 6.01. The Bertz CT molecular complexity index is 1200. The van der Waals surface area contributed by atoms with E-state index in [1.807, 2.05) is 18.2 Å². The number of benzene rings is 1. The molecule has 2 aromatic rings. The topological polar surface area (TPSA) is 127 Å². The van der Waals surface area contributed by atoms with E-state index in [0.717, 1.165) is 5.56 Å². The number of hydrogen-bond acceptors (Lipinski definition) is 7. The Balaban J connectivity index is 1.38. The van der Waals surface area contributed by atoms with Crippen molar-refractivity contribution >= 4 is 21.9 Å². The molecular weight excluding hydrogens is 462 g/mol. The standard InChI is InChI=1S/C23H29N3O7S/c1-4-31-23(28)20-14(2)25-15(3)21(20)34(29,30)26-9-7-17(8-10-26)22(27)24-12-16-5-6-18-19(11-16)33-13-32-18/h5-6,11,17,25H,4,7-10,12-13H2,1-3H3,(H,24,27). The van der Waals surface area contributed by atoms with Gasteiger partial charge in [-0.05, 0) is 51.3 Å². The molecule has 1 amide bonds. The molecule has 0 unspecified atom stereocenters. The molecular formula is C23H29N3O7S. The first kappa shape index (κ1) is 24.1. The second-order valence-electron chi connectivity index (χ2n) is 8.38. The maximum absolute atomic E-state index is 13.4. The number of fused-ring (bicyclic) bond motifs is 1. The van der Waals surface area contributed by atoms with E-state index in [1.54, 1.807) is 20.8 Å². The van der Waals surface area contributed by atoms with Crippen LogP contribution in [0.15, 0.2) is 23.1 Å². The van der Waals surface area contributed by atoms with Crippen molar-refractivity contribution in [1.29, 1.82) is 0 Å². The van der Waals surface area contributed by atoms with E-state index in [9.17, 15) is 18.0 Å². The molecule has 2 aliphatic heterocycles. The van der Waals surface area contributed by atoms with Crippen LogP contribution in [0.1, 0.15) is 47.1 Å². The number of carbonyl (C=O) groups excluding carboxylic acids is 2. The zero-order valence-electron chi connectivity index (χ0n) is 19.5. The first-order chi connectivity index (χ1) is 16.2. The number of piperidine rings is 1. The number of nitrogens with zero attached hydrogens (tertiary/aromatic N) is 1. The van der Waals surface area contributed by atoms with Crippen molar-refractivity contribution in [2.24, 2.45) is 5.92 Å². The predicted molar refractivity (Wildman–Crippen MR) is 122 cm³/mol. The average molecular weight is 492 g/mol. The second kappa shape index (κ2) is 9.67. The van der Waals surface area contributed by atoms with Crippen LogP contribution in [0.25, 0.3) is 0 Å². The molecule has 10 nitrogen and oxygen atoms in total. The lowest BCUT2D eigenvalue weighted by molar-refractivity contribution is -0.126. The molecule has 0 bridgehead atoms. The Labute approximate surface area is 198 Å². The number of hydrogen-bond donors (Lipinski definition) is 2. The minimum atomic E-state index is -3.93. The van der Waals surface area contributed by atoms with Crippen molar-refractivity contribution < 1.29 is 32.2 Å². The van der Waals surface area contributed by atoms with Gasteiger partial charge in [0.05, 0.1) is 6.61 Å². The molecule has 4 rings (SSSR count). The molecule has 0 atom stereocenters. The highest BCUT2D eigenvalue weighted by molar-refractivity contribution is 7.89. The van der Waals surface area contributed by atoms with Crippen LogP contribution >= 0.6 is 0 Å². The van der Waals surface area contributed by atoms with E-state index >= 15 is 0 Å². The highest BCUT2D eigenvalue weighted by Crippen LogP contribution is 2.33. The minimum Gasteiger partial charge on any atom is -0.462 e. The lowest BCUT2D eigenvalue weighted by atomic mass is 9.97. The Kier molecular flexibility index (Phi) is 6.85. The molecule has 1 aromatic carbocycles. The quantitative estimate of drug-likeness (QED) is 0.569. The molecule has 184 valence electrons. The largest absolute Gasteiger partial charge is 0.462 e. The van der Waals surface area contributed by atoms with Gasteiger partial charge in [-0.3, -0.25) is 4.79 Å². The Hall–Kier alpha value is -3.05. The van der Waals surface area contributed by atoms with Crippen LogP contribution in [-0.4, -0.2) is 56.1 Å². The zero-order chi connectivity index (χ0) is 24.5. The molecule has 1 aromatic heterocycles. The fraction of sp³-hybridized carbons (Fsp3) is 0.478. The van der Waals surface area contributed by atoms with Gasteiger partial charge in [-0.25, -0.2) is 13.2 Å². The van der Waals surface area contributed by atoms with Gasteiger partial charge in [0.25, 0.3) is 0 Å². The van der Waals surface area contributed by atoms with Crippen molar-refractivity contribution in [2.75, 3.05) is 26.5 Å². The van der Waals surface area contributed by atoms with Crippen LogP contribution in [0.2, 0.25) is 0 Å². The Morgan fingerprint density at radius 3 is 2.56 bits per heavy atom. The molecule has 0 aliphatic carbocycles. The number of rotatable bonds is 7. The summed E-state index contributed by atoms with van der Waals surface area (Å²) in [4.78, 5) is 28.0. The number of aromatic amines is 1. The van der Waals surface area contributed by atoms with Crippen molar-refractivity contribution in [1.82, 2.24) is 14.6 Å². The summed E-state index contributed by atoms with van der Waals surface area (Å²) >= 11 is 0. The number of H-pyrrole nitrogens is 1. The highest BCUT2D eigenvalue weighted by atomic mass is 32.2. The first-order valence-corrected chi connectivity index (χ1v) is 12.7. The number of ether oxygens (including phenoxy) is 3. The van der Waals surface area contributed by atoms with E-state index in [4.69, 9.17) is 14.2 Å². The Morgan fingerprint density at radius 2 is 1.85 bits per heavy atom. The fourth-order valence-corrected chi connectivity index (χ4v) is 6.28. The van der Waals surface area contributed by atoms with Gasteiger partial charge in [-0.2, -0.15) is 4.31 Å². The van der Waals surface area contributed by atoms with Crippen LogP contribution < -0.4 is 14.8 Å². The maximum Gasteiger partial charge on any atom is 0.341 e. The number of nitrogens with one attached hydrogen (secondary N) is 2. The molecule has 0 saturated carbocycles.